The zero-order valence-electron chi connectivity index (χ0n) is 20.6. The van der Waals surface area contributed by atoms with Crippen molar-refractivity contribution in [3.63, 3.8) is 0 Å². The number of carbonyl (C=O) groups excluding carboxylic acids is 6. The molecular formula is C21H29NO14. The van der Waals surface area contributed by atoms with Gasteiger partial charge < -0.3 is 38.8 Å². The first-order valence-corrected chi connectivity index (χ1v) is 10.6. The molecule has 0 aliphatic carbocycles. The van der Waals surface area contributed by atoms with Crippen molar-refractivity contribution in [1.29, 1.82) is 0 Å². The lowest BCUT2D eigenvalue weighted by atomic mass is 9.88. The average Bonchev–Trinajstić information content (AvgIpc) is 2.69. The van der Waals surface area contributed by atoms with Gasteiger partial charge in [-0.3, -0.25) is 28.8 Å². The molecule has 0 aromatic rings. The molecular weight excluding hydrogens is 490 g/mol. The van der Waals surface area contributed by atoms with E-state index in [9.17, 15) is 38.7 Å². The predicted octanol–water partition coefficient (Wildman–Crippen LogP) is -1.02. The van der Waals surface area contributed by atoms with E-state index in [4.69, 9.17) is 28.4 Å². The van der Waals surface area contributed by atoms with Crippen molar-refractivity contribution in [3.8, 4) is 0 Å². The van der Waals surface area contributed by atoms with Gasteiger partial charge in [-0.05, 0) is 0 Å². The lowest BCUT2D eigenvalue weighted by molar-refractivity contribution is -0.303. The molecule has 6 atom stereocenters. The second-order valence-corrected chi connectivity index (χ2v) is 7.84. The van der Waals surface area contributed by atoms with Gasteiger partial charge in [-0.25, -0.2) is 4.79 Å². The number of nitrogens with one attached hydrogen (secondary N) is 1. The van der Waals surface area contributed by atoms with E-state index in [0.717, 1.165) is 41.5 Å². The zero-order chi connectivity index (χ0) is 27.8. The number of carboxylic acid groups (broad SMARTS) is 1. The van der Waals surface area contributed by atoms with Gasteiger partial charge in [0.15, 0.2) is 12.2 Å². The number of ether oxygens (including phenoxy) is 6. The fourth-order valence-corrected chi connectivity index (χ4v) is 3.59. The van der Waals surface area contributed by atoms with Crippen LogP contribution in [0, 0.1) is 0 Å². The van der Waals surface area contributed by atoms with Crippen LogP contribution in [0.15, 0.2) is 0 Å². The summed E-state index contributed by atoms with van der Waals surface area (Å²) in [6.07, 6.45) is -7.37. The molecule has 0 aromatic heterocycles. The predicted molar refractivity (Wildman–Crippen MR) is 113 cm³/mol. The first-order valence-electron chi connectivity index (χ1n) is 10.6. The van der Waals surface area contributed by atoms with Gasteiger partial charge in [0.1, 0.15) is 18.8 Å². The van der Waals surface area contributed by atoms with E-state index in [1.165, 1.54) is 0 Å². The Hall–Kier alpha value is -3.75. The Morgan fingerprint density at radius 3 is 1.89 bits per heavy atom. The smallest absolute Gasteiger partial charge is 0.377 e. The zero-order valence-corrected chi connectivity index (χ0v) is 20.6. The number of hydrogen-bond donors (Lipinski definition) is 2. The third-order valence-corrected chi connectivity index (χ3v) is 4.63. The molecule has 1 heterocycles. The molecule has 1 unspecified atom stereocenters. The van der Waals surface area contributed by atoms with E-state index >= 15 is 0 Å². The molecule has 0 radical (unpaired) electrons. The van der Waals surface area contributed by atoms with Crippen LogP contribution in [0.4, 0.5) is 0 Å². The number of aliphatic carboxylic acids is 1. The number of esters is 5. The van der Waals surface area contributed by atoms with Crippen LogP contribution in [0.1, 0.15) is 48.0 Å². The van der Waals surface area contributed by atoms with Gasteiger partial charge in [-0.15, -0.1) is 0 Å². The van der Waals surface area contributed by atoms with Crippen molar-refractivity contribution in [3.05, 3.63) is 0 Å². The molecule has 1 amide bonds. The quantitative estimate of drug-likeness (QED) is 0.262. The molecule has 15 heteroatoms. The first kappa shape index (κ1) is 30.3. The monoisotopic (exact) mass is 519 g/mol. The summed E-state index contributed by atoms with van der Waals surface area (Å²) < 4.78 is 31.1. The van der Waals surface area contributed by atoms with Gasteiger partial charge in [0.05, 0.1) is 12.5 Å². The minimum Gasteiger partial charge on any atom is -0.476 e. The van der Waals surface area contributed by atoms with Crippen molar-refractivity contribution in [2.24, 2.45) is 0 Å². The van der Waals surface area contributed by atoms with Gasteiger partial charge >= 0.3 is 41.6 Å². The Kier molecular flexibility index (Phi) is 10.8. The molecule has 1 aliphatic heterocycles. The number of carboxylic acids is 1. The van der Waals surface area contributed by atoms with Crippen LogP contribution in [0.25, 0.3) is 0 Å². The third kappa shape index (κ3) is 8.79. The molecule has 1 rings (SSSR count). The minimum absolute atomic E-state index is 0.675. The summed E-state index contributed by atoms with van der Waals surface area (Å²) in [4.78, 5) is 83.0. The molecule has 2 N–H and O–H groups in total. The van der Waals surface area contributed by atoms with Gasteiger partial charge in [-0.1, -0.05) is 0 Å². The number of hydrogen-bond acceptors (Lipinski definition) is 13. The maximum Gasteiger partial charge on any atom is 0.377 e. The SMILES string of the molecule is CC(=O)N[C@H]1C([C@H](OC(C)=O)[C@@H](COC(C)=O)OC(C)=O)O[C@](OC(C)=O)(C(=O)O)C[C@@H]1OC(C)=O. The van der Waals surface area contributed by atoms with Gasteiger partial charge in [-0.2, -0.15) is 0 Å². The summed E-state index contributed by atoms with van der Waals surface area (Å²) in [6.45, 7) is 5.35. The minimum atomic E-state index is -2.77. The summed E-state index contributed by atoms with van der Waals surface area (Å²) in [6, 6.07) is -1.41. The standard InChI is InChI=1S/C21H29NO14/c1-9(23)22-17-15(32-11(3)25)7-21(20(29)30,35-14(6)28)36-19(17)18(34-13(5)27)16(33-12(4)26)8-31-10(2)24/h15-19H,7-8H2,1-6H3,(H,22,23)(H,29,30)/t15-,16+,17+,18+,19?,21-/m0/s1. The first-order chi connectivity index (χ1) is 16.6. The average molecular weight is 519 g/mol. The van der Waals surface area contributed by atoms with E-state index in [0.29, 0.717) is 0 Å². The lowest BCUT2D eigenvalue weighted by Gasteiger charge is -2.47. The highest BCUT2D eigenvalue weighted by Gasteiger charge is 2.60. The summed E-state index contributed by atoms with van der Waals surface area (Å²) in [5, 5.41) is 12.3. The second kappa shape index (κ2) is 12.8. The molecule has 1 aliphatic rings. The van der Waals surface area contributed by atoms with E-state index in [1.807, 2.05) is 0 Å². The van der Waals surface area contributed by atoms with E-state index in [2.05, 4.69) is 5.32 Å². The van der Waals surface area contributed by atoms with Gasteiger partial charge in [0.25, 0.3) is 0 Å². The van der Waals surface area contributed by atoms with Gasteiger partial charge in [0, 0.05) is 41.5 Å². The maximum absolute atomic E-state index is 12.2. The van der Waals surface area contributed by atoms with Crippen LogP contribution < -0.4 is 5.32 Å². The number of amides is 1. The van der Waals surface area contributed by atoms with E-state index in [-0.39, 0.29) is 0 Å². The van der Waals surface area contributed by atoms with E-state index in [1.54, 1.807) is 0 Å². The highest BCUT2D eigenvalue weighted by atomic mass is 16.7. The fourth-order valence-electron chi connectivity index (χ4n) is 3.59. The Bertz CT molecular complexity index is 901. The Morgan fingerprint density at radius 2 is 1.47 bits per heavy atom. The van der Waals surface area contributed by atoms with Crippen molar-refractivity contribution in [2.75, 3.05) is 6.61 Å². The Labute approximate surface area is 205 Å². The molecule has 202 valence electrons. The van der Waals surface area contributed by atoms with Crippen LogP contribution >= 0.6 is 0 Å². The summed E-state index contributed by atoms with van der Waals surface area (Å²) in [5.41, 5.74) is 0. The third-order valence-electron chi connectivity index (χ3n) is 4.63. The fraction of sp³-hybridized carbons (Fsp3) is 0.667. The van der Waals surface area contributed by atoms with Crippen molar-refractivity contribution >= 4 is 41.7 Å². The molecule has 1 saturated heterocycles. The Balaban J connectivity index is 3.78. The largest absolute Gasteiger partial charge is 0.476 e. The summed E-state index contributed by atoms with van der Waals surface area (Å²) >= 11 is 0. The van der Waals surface area contributed by atoms with Crippen molar-refractivity contribution in [2.45, 2.75) is 84.2 Å². The molecule has 36 heavy (non-hydrogen) atoms. The number of rotatable bonds is 10. The molecule has 0 bridgehead atoms. The molecule has 0 aromatic carbocycles. The van der Waals surface area contributed by atoms with Crippen LogP contribution in [0.3, 0.4) is 0 Å². The topological polar surface area (TPSA) is 207 Å². The van der Waals surface area contributed by atoms with Crippen molar-refractivity contribution in [1.82, 2.24) is 5.32 Å². The summed E-state index contributed by atoms with van der Waals surface area (Å²) in [7, 11) is 0. The normalized spacial score (nSPS) is 24.8. The van der Waals surface area contributed by atoms with Crippen molar-refractivity contribution < 1.29 is 67.1 Å². The maximum atomic E-state index is 12.2. The second-order valence-electron chi connectivity index (χ2n) is 7.84. The number of carbonyl (C=O) groups is 7. The summed E-state index contributed by atoms with van der Waals surface area (Å²) in [5.74, 6) is -9.92. The molecule has 0 spiro atoms. The van der Waals surface area contributed by atoms with Gasteiger partial charge in [0.2, 0.25) is 5.91 Å². The molecule has 0 saturated carbocycles. The van der Waals surface area contributed by atoms with E-state index < -0.39 is 91.0 Å². The van der Waals surface area contributed by atoms with Crippen LogP contribution in [0.2, 0.25) is 0 Å². The van der Waals surface area contributed by atoms with Crippen LogP contribution in [-0.4, -0.2) is 89.7 Å². The van der Waals surface area contributed by atoms with Crippen LogP contribution in [0.5, 0.6) is 0 Å². The highest BCUT2D eigenvalue weighted by molar-refractivity contribution is 5.80. The molecule has 15 nitrogen and oxygen atoms in total. The Morgan fingerprint density at radius 1 is 0.889 bits per heavy atom. The molecule has 1 fully saturated rings. The van der Waals surface area contributed by atoms with Crippen LogP contribution in [-0.2, 0) is 62.0 Å². The highest BCUT2D eigenvalue weighted by Crippen LogP contribution is 2.36. The lowest BCUT2D eigenvalue weighted by Crippen LogP contribution is -2.69.